The number of rotatable bonds is 4. The highest BCUT2D eigenvalue weighted by Gasteiger charge is 2.25. The van der Waals surface area contributed by atoms with Gasteiger partial charge >= 0.3 is 6.18 Å². The van der Waals surface area contributed by atoms with Crippen LogP contribution in [-0.4, -0.2) is 15.7 Å². The van der Waals surface area contributed by atoms with E-state index in [9.17, 15) is 17.6 Å². The molecule has 0 saturated carbocycles. The molecule has 0 aliphatic rings. The number of imidazole rings is 1. The van der Waals surface area contributed by atoms with Crippen LogP contribution in [0.25, 0.3) is 11.0 Å². The Balaban J connectivity index is 2.10. The van der Waals surface area contributed by atoms with E-state index in [1.54, 1.807) is 10.6 Å². The molecule has 0 unspecified atom stereocenters. The van der Waals surface area contributed by atoms with Crippen LogP contribution in [0.1, 0.15) is 19.3 Å². The average Bonchev–Trinajstić information content (AvgIpc) is 2.59. The predicted octanol–water partition coefficient (Wildman–Crippen LogP) is 4.57. The standard InChI is InChI=1S/C12H12F4N2S/c13-8-3-4-9-10(7-8)18(11(19)17-9)6-2-1-5-12(14,15)16/h3-4,7H,1-2,5-6H2,(H,17,19). The lowest BCUT2D eigenvalue weighted by atomic mass is 10.2. The van der Waals surface area contributed by atoms with Gasteiger partial charge in [0.1, 0.15) is 5.82 Å². The van der Waals surface area contributed by atoms with Crippen LogP contribution >= 0.6 is 12.2 Å². The molecule has 1 N–H and O–H groups in total. The largest absolute Gasteiger partial charge is 0.389 e. The zero-order chi connectivity index (χ0) is 14.0. The first-order valence-electron chi connectivity index (χ1n) is 5.82. The number of hydrogen-bond donors (Lipinski definition) is 1. The van der Waals surface area contributed by atoms with Crippen LogP contribution in [0.4, 0.5) is 17.6 Å². The van der Waals surface area contributed by atoms with Crippen molar-refractivity contribution in [2.75, 3.05) is 0 Å². The van der Waals surface area contributed by atoms with Crippen LogP contribution < -0.4 is 0 Å². The summed E-state index contributed by atoms with van der Waals surface area (Å²) in [4.78, 5) is 2.90. The minimum absolute atomic E-state index is 0.0350. The number of unbranched alkanes of at least 4 members (excludes halogenated alkanes) is 1. The molecule has 1 heterocycles. The van der Waals surface area contributed by atoms with Crippen LogP contribution in [0.5, 0.6) is 0 Å². The van der Waals surface area contributed by atoms with Gasteiger partial charge in [0.25, 0.3) is 0 Å². The third-order valence-electron chi connectivity index (χ3n) is 2.83. The molecule has 0 atom stereocenters. The van der Waals surface area contributed by atoms with E-state index in [2.05, 4.69) is 4.98 Å². The summed E-state index contributed by atoms with van der Waals surface area (Å²) in [6.07, 6.45) is -4.56. The van der Waals surface area contributed by atoms with E-state index in [4.69, 9.17) is 12.2 Å². The monoisotopic (exact) mass is 292 g/mol. The molecule has 0 aliphatic heterocycles. The number of aryl methyl sites for hydroxylation is 1. The van der Waals surface area contributed by atoms with Crippen LogP contribution in [0.3, 0.4) is 0 Å². The Labute approximate surface area is 112 Å². The van der Waals surface area contributed by atoms with Gasteiger partial charge in [0.2, 0.25) is 0 Å². The van der Waals surface area contributed by atoms with Crippen molar-refractivity contribution in [1.82, 2.24) is 9.55 Å². The molecule has 0 aliphatic carbocycles. The second-order valence-electron chi connectivity index (χ2n) is 4.32. The number of aromatic amines is 1. The maximum absolute atomic E-state index is 13.2. The van der Waals surface area contributed by atoms with Crippen molar-refractivity contribution in [3.05, 3.63) is 28.8 Å². The van der Waals surface area contributed by atoms with E-state index in [1.807, 2.05) is 0 Å². The van der Waals surface area contributed by atoms with E-state index < -0.39 is 18.4 Å². The number of nitrogens with one attached hydrogen (secondary N) is 1. The van der Waals surface area contributed by atoms with Crippen molar-refractivity contribution in [3.8, 4) is 0 Å². The Bertz CT molecular complexity index is 627. The molecule has 1 aromatic heterocycles. The SMILES string of the molecule is Fc1ccc2[nH]c(=S)n(CCCCC(F)(F)F)c2c1. The molecule has 2 aromatic rings. The highest BCUT2D eigenvalue weighted by atomic mass is 32.1. The van der Waals surface area contributed by atoms with Gasteiger partial charge in [-0.1, -0.05) is 0 Å². The van der Waals surface area contributed by atoms with Crippen LogP contribution in [0.2, 0.25) is 0 Å². The number of nitrogens with zero attached hydrogens (tertiary/aromatic N) is 1. The molecule has 1 aromatic carbocycles. The average molecular weight is 292 g/mol. The third kappa shape index (κ3) is 3.56. The summed E-state index contributed by atoms with van der Waals surface area (Å²) in [5, 5.41) is 0. The summed E-state index contributed by atoms with van der Waals surface area (Å²) in [5.41, 5.74) is 1.26. The molecule has 0 saturated heterocycles. The number of fused-ring (bicyclic) bond motifs is 1. The molecule has 0 bridgehead atoms. The van der Waals surface area contributed by atoms with Crippen LogP contribution in [-0.2, 0) is 6.54 Å². The normalized spacial score (nSPS) is 12.2. The van der Waals surface area contributed by atoms with E-state index in [1.165, 1.54) is 12.1 Å². The molecule has 0 amide bonds. The number of halogens is 4. The fourth-order valence-corrected chi connectivity index (χ4v) is 2.24. The maximum atomic E-state index is 13.2. The van der Waals surface area contributed by atoms with E-state index in [0.29, 0.717) is 28.8 Å². The second-order valence-corrected chi connectivity index (χ2v) is 4.70. The smallest absolute Gasteiger partial charge is 0.331 e. The molecule has 19 heavy (non-hydrogen) atoms. The number of hydrogen-bond acceptors (Lipinski definition) is 1. The van der Waals surface area contributed by atoms with Gasteiger partial charge in [0.15, 0.2) is 4.77 Å². The summed E-state index contributed by atoms with van der Waals surface area (Å²) < 4.78 is 51.3. The van der Waals surface area contributed by atoms with Crippen molar-refractivity contribution in [3.63, 3.8) is 0 Å². The first kappa shape index (κ1) is 14.0. The van der Waals surface area contributed by atoms with Crippen molar-refractivity contribution in [2.45, 2.75) is 32.0 Å². The summed E-state index contributed by atoms with van der Waals surface area (Å²) in [5.74, 6) is -0.398. The maximum Gasteiger partial charge on any atom is 0.389 e. The van der Waals surface area contributed by atoms with E-state index in [-0.39, 0.29) is 6.42 Å². The number of aromatic nitrogens is 2. The number of H-pyrrole nitrogens is 1. The lowest BCUT2D eigenvalue weighted by Gasteiger charge is -2.07. The summed E-state index contributed by atoms with van der Waals surface area (Å²) in [6.45, 7) is 0.346. The van der Waals surface area contributed by atoms with Crippen molar-refractivity contribution in [2.24, 2.45) is 0 Å². The molecule has 0 radical (unpaired) electrons. The van der Waals surface area contributed by atoms with Gasteiger partial charge in [-0.2, -0.15) is 13.2 Å². The number of benzene rings is 1. The molecule has 2 nitrogen and oxygen atoms in total. The fourth-order valence-electron chi connectivity index (χ4n) is 1.94. The molecule has 2 rings (SSSR count). The van der Waals surface area contributed by atoms with Crippen molar-refractivity contribution < 1.29 is 17.6 Å². The van der Waals surface area contributed by atoms with Crippen molar-refractivity contribution >= 4 is 23.3 Å². The van der Waals surface area contributed by atoms with Gasteiger partial charge in [-0.3, -0.25) is 0 Å². The Hall–Kier alpha value is -1.37. The lowest BCUT2D eigenvalue weighted by molar-refractivity contribution is -0.135. The zero-order valence-corrected chi connectivity index (χ0v) is 10.7. The highest BCUT2D eigenvalue weighted by molar-refractivity contribution is 7.71. The quantitative estimate of drug-likeness (QED) is 0.497. The van der Waals surface area contributed by atoms with Gasteiger partial charge in [-0.15, -0.1) is 0 Å². The molecular formula is C12H12F4N2S. The molecule has 0 spiro atoms. The summed E-state index contributed by atoms with van der Waals surface area (Å²) >= 11 is 5.08. The van der Waals surface area contributed by atoms with Gasteiger partial charge in [0.05, 0.1) is 11.0 Å². The van der Waals surface area contributed by atoms with Crippen LogP contribution in [0.15, 0.2) is 18.2 Å². The van der Waals surface area contributed by atoms with Crippen LogP contribution in [0, 0.1) is 10.6 Å². The van der Waals surface area contributed by atoms with E-state index >= 15 is 0 Å². The van der Waals surface area contributed by atoms with Gasteiger partial charge < -0.3 is 9.55 Å². The first-order chi connectivity index (χ1) is 8.87. The second kappa shape index (κ2) is 5.32. The van der Waals surface area contributed by atoms with Gasteiger partial charge in [-0.05, 0) is 43.3 Å². The Morgan fingerprint density at radius 3 is 2.63 bits per heavy atom. The molecule has 104 valence electrons. The lowest BCUT2D eigenvalue weighted by Crippen LogP contribution is -2.07. The Morgan fingerprint density at radius 1 is 1.21 bits per heavy atom. The zero-order valence-electron chi connectivity index (χ0n) is 9.93. The molecule has 0 fully saturated rings. The van der Waals surface area contributed by atoms with Crippen molar-refractivity contribution in [1.29, 1.82) is 0 Å². The van der Waals surface area contributed by atoms with E-state index in [0.717, 1.165) is 0 Å². The molecule has 7 heteroatoms. The van der Waals surface area contributed by atoms with Gasteiger partial charge in [-0.25, -0.2) is 4.39 Å². The minimum Gasteiger partial charge on any atom is -0.331 e. The minimum atomic E-state index is -4.13. The fraction of sp³-hybridized carbons (Fsp3) is 0.417. The third-order valence-corrected chi connectivity index (χ3v) is 3.15. The van der Waals surface area contributed by atoms with Gasteiger partial charge in [0, 0.05) is 13.0 Å². The first-order valence-corrected chi connectivity index (χ1v) is 6.22. The topological polar surface area (TPSA) is 20.7 Å². The summed E-state index contributed by atoms with van der Waals surface area (Å²) in [7, 11) is 0. The summed E-state index contributed by atoms with van der Waals surface area (Å²) in [6, 6.07) is 4.19. The Kier molecular flexibility index (Phi) is 3.93. The predicted molar refractivity (Wildman–Crippen MR) is 67.0 cm³/mol. The number of alkyl halides is 3. The Morgan fingerprint density at radius 2 is 1.95 bits per heavy atom. The molecular weight excluding hydrogens is 280 g/mol. The highest BCUT2D eigenvalue weighted by Crippen LogP contribution is 2.23.